The number of benzene rings is 1. The van der Waals surface area contributed by atoms with Crippen LogP contribution in [-0.4, -0.2) is 18.8 Å². The van der Waals surface area contributed by atoms with Gasteiger partial charge in [0.05, 0.1) is 7.11 Å². The summed E-state index contributed by atoms with van der Waals surface area (Å²) in [6.07, 6.45) is 5.46. The quantitative estimate of drug-likeness (QED) is 0.745. The van der Waals surface area contributed by atoms with Gasteiger partial charge in [-0.3, -0.25) is 0 Å². The van der Waals surface area contributed by atoms with Gasteiger partial charge in [0.2, 0.25) is 0 Å². The van der Waals surface area contributed by atoms with E-state index in [0.29, 0.717) is 11.5 Å². The van der Waals surface area contributed by atoms with Crippen molar-refractivity contribution in [2.45, 2.75) is 32.2 Å². The number of hydrogen-bond acceptors (Lipinski definition) is 3. The van der Waals surface area contributed by atoms with E-state index in [4.69, 9.17) is 4.74 Å². The second kappa shape index (κ2) is 5.92. The van der Waals surface area contributed by atoms with Crippen LogP contribution in [0.3, 0.4) is 0 Å². The summed E-state index contributed by atoms with van der Waals surface area (Å²) in [5.41, 5.74) is 0.930. The largest absolute Gasteiger partial charge is 0.507 e. The van der Waals surface area contributed by atoms with Crippen molar-refractivity contribution in [3.63, 3.8) is 0 Å². The molecule has 0 bridgehead atoms. The molecule has 0 spiro atoms. The van der Waals surface area contributed by atoms with Crippen LogP contribution in [0.2, 0.25) is 0 Å². The zero-order chi connectivity index (χ0) is 12.1. The predicted molar refractivity (Wildman–Crippen MR) is 68.3 cm³/mol. The van der Waals surface area contributed by atoms with Gasteiger partial charge in [0.25, 0.3) is 0 Å². The fourth-order valence-electron chi connectivity index (χ4n) is 2.13. The van der Waals surface area contributed by atoms with Crippen molar-refractivity contribution in [2.24, 2.45) is 5.92 Å². The van der Waals surface area contributed by atoms with Crippen molar-refractivity contribution in [2.75, 3.05) is 13.7 Å². The molecule has 2 rings (SSSR count). The van der Waals surface area contributed by atoms with Gasteiger partial charge < -0.3 is 15.2 Å². The minimum atomic E-state index is 0.306. The van der Waals surface area contributed by atoms with Crippen LogP contribution < -0.4 is 10.1 Å². The molecule has 3 nitrogen and oxygen atoms in total. The lowest BCUT2D eigenvalue weighted by Gasteiger charge is -2.25. The van der Waals surface area contributed by atoms with Crippen molar-refractivity contribution in [1.29, 1.82) is 0 Å². The highest BCUT2D eigenvalue weighted by atomic mass is 16.5. The van der Waals surface area contributed by atoms with Gasteiger partial charge in [-0.1, -0.05) is 25.3 Å². The molecule has 3 heteroatoms. The monoisotopic (exact) mass is 235 g/mol. The fourth-order valence-corrected chi connectivity index (χ4v) is 2.13. The third-order valence-electron chi connectivity index (χ3n) is 3.56. The highest BCUT2D eigenvalue weighted by Crippen LogP contribution is 2.29. The fraction of sp³-hybridized carbons (Fsp3) is 0.571. The molecule has 2 N–H and O–H groups in total. The van der Waals surface area contributed by atoms with Crippen LogP contribution in [0, 0.1) is 5.92 Å². The number of aromatic hydroxyl groups is 1. The first-order chi connectivity index (χ1) is 8.29. The molecule has 1 aliphatic carbocycles. The Labute approximate surface area is 103 Å². The Morgan fingerprint density at radius 3 is 2.82 bits per heavy atom. The number of methoxy groups -OCH3 is 1. The lowest BCUT2D eigenvalue weighted by atomic mass is 9.83. The van der Waals surface area contributed by atoms with E-state index in [1.165, 1.54) is 25.7 Å². The molecule has 0 amide bonds. The Morgan fingerprint density at radius 2 is 2.24 bits per heavy atom. The number of rotatable bonds is 6. The van der Waals surface area contributed by atoms with Gasteiger partial charge in [0, 0.05) is 18.2 Å². The Hall–Kier alpha value is -1.22. The van der Waals surface area contributed by atoms with Crippen LogP contribution in [-0.2, 0) is 6.54 Å². The first-order valence-corrected chi connectivity index (χ1v) is 6.36. The van der Waals surface area contributed by atoms with E-state index >= 15 is 0 Å². The highest BCUT2D eigenvalue weighted by molar-refractivity contribution is 5.39. The lowest BCUT2D eigenvalue weighted by Crippen LogP contribution is -2.21. The van der Waals surface area contributed by atoms with E-state index in [1.54, 1.807) is 13.2 Å². The van der Waals surface area contributed by atoms with Crippen LogP contribution in [0.15, 0.2) is 18.2 Å². The number of hydrogen-bond donors (Lipinski definition) is 2. The summed E-state index contributed by atoms with van der Waals surface area (Å²) in [4.78, 5) is 0. The molecule has 1 aliphatic rings. The van der Waals surface area contributed by atoms with Crippen molar-refractivity contribution in [1.82, 2.24) is 5.32 Å². The molecule has 0 aromatic heterocycles. The van der Waals surface area contributed by atoms with Gasteiger partial charge >= 0.3 is 0 Å². The van der Waals surface area contributed by atoms with E-state index in [-0.39, 0.29) is 0 Å². The predicted octanol–water partition coefficient (Wildman–Crippen LogP) is 2.68. The number of nitrogens with one attached hydrogen (secondary N) is 1. The van der Waals surface area contributed by atoms with Gasteiger partial charge in [0.15, 0.2) is 0 Å². The molecule has 0 atom stereocenters. The average molecular weight is 235 g/mol. The Kier molecular flexibility index (Phi) is 4.26. The molecule has 1 aromatic rings. The number of ether oxygens (including phenoxy) is 1. The van der Waals surface area contributed by atoms with Gasteiger partial charge in [-0.15, -0.1) is 0 Å². The first kappa shape index (κ1) is 12.2. The molecule has 0 saturated heterocycles. The topological polar surface area (TPSA) is 41.5 Å². The zero-order valence-corrected chi connectivity index (χ0v) is 10.4. The van der Waals surface area contributed by atoms with Gasteiger partial charge in [-0.05, 0) is 24.9 Å². The zero-order valence-electron chi connectivity index (χ0n) is 10.4. The summed E-state index contributed by atoms with van der Waals surface area (Å²) < 4.78 is 5.05. The number of phenols is 1. The molecule has 0 unspecified atom stereocenters. The van der Waals surface area contributed by atoms with E-state index < -0.39 is 0 Å². The molecule has 17 heavy (non-hydrogen) atoms. The van der Waals surface area contributed by atoms with Crippen LogP contribution in [0.25, 0.3) is 0 Å². The molecule has 94 valence electrons. The van der Waals surface area contributed by atoms with Crippen LogP contribution in [0.1, 0.15) is 31.2 Å². The summed E-state index contributed by atoms with van der Waals surface area (Å²) in [5, 5.41) is 13.1. The van der Waals surface area contributed by atoms with Crippen molar-refractivity contribution >= 4 is 0 Å². The van der Waals surface area contributed by atoms with Gasteiger partial charge in [-0.2, -0.15) is 0 Å². The molecular formula is C14H21NO2. The standard InChI is InChI=1S/C14H21NO2/c1-17-13-6-5-12(14(16)9-13)10-15-8-7-11-3-2-4-11/h5-6,9,11,15-16H,2-4,7-8,10H2,1H3. The van der Waals surface area contributed by atoms with Crippen molar-refractivity contribution < 1.29 is 9.84 Å². The Balaban J connectivity index is 1.73. The second-order valence-corrected chi connectivity index (χ2v) is 4.76. The minimum Gasteiger partial charge on any atom is -0.507 e. The molecule has 0 heterocycles. The summed E-state index contributed by atoms with van der Waals surface area (Å²) in [6, 6.07) is 5.44. The van der Waals surface area contributed by atoms with Gasteiger partial charge in [0.1, 0.15) is 11.5 Å². The van der Waals surface area contributed by atoms with Crippen LogP contribution in [0.5, 0.6) is 11.5 Å². The van der Waals surface area contributed by atoms with Crippen LogP contribution >= 0.6 is 0 Å². The van der Waals surface area contributed by atoms with E-state index in [9.17, 15) is 5.11 Å². The van der Waals surface area contributed by atoms with E-state index in [2.05, 4.69) is 5.32 Å². The maximum atomic E-state index is 9.77. The second-order valence-electron chi connectivity index (χ2n) is 4.76. The Bertz CT molecular complexity index is 361. The van der Waals surface area contributed by atoms with Gasteiger partial charge in [-0.25, -0.2) is 0 Å². The number of phenolic OH excluding ortho intramolecular Hbond substituents is 1. The van der Waals surface area contributed by atoms with E-state index in [1.807, 2.05) is 12.1 Å². The molecule has 0 radical (unpaired) electrons. The summed E-state index contributed by atoms with van der Waals surface area (Å²) >= 11 is 0. The normalized spacial score (nSPS) is 15.6. The molecule has 0 aliphatic heterocycles. The first-order valence-electron chi connectivity index (χ1n) is 6.36. The Morgan fingerprint density at radius 1 is 1.41 bits per heavy atom. The summed E-state index contributed by atoms with van der Waals surface area (Å²) in [6.45, 7) is 1.76. The molecule has 1 aromatic carbocycles. The minimum absolute atomic E-state index is 0.306. The maximum Gasteiger partial charge on any atom is 0.123 e. The molecule has 1 saturated carbocycles. The summed E-state index contributed by atoms with van der Waals surface area (Å²) in [5.74, 6) is 1.94. The summed E-state index contributed by atoms with van der Waals surface area (Å²) in [7, 11) is 1.60. The third-order valence-corrected chi connectivity index (χ3v) is 3.56. The van der Waals surface area contributed by atoms with E-state index in [0.717, 1.165) is 24.6 Å². The third kappa shape index (κ3) is 3.37. The maximum absolute atomic E-state index is 9.77. The highest BCUT2D eigenvalue weighted by Gasteiger charge is 2.16. The smallest absolute Gasteiger partial charge is 0.123 e. The SMILES string of the molecule is COc1ccc(CNCCC2CCC2)c(O)c1. The van der Waals surface area contributed by atoms with Crippen LogP contribution in [0.4, 0.5) is 0 Å². The van der Waals surface area contributed by atoms with Crippen molar-refractivity contribution in [3.05, 3.63) is 23.8 Å². The molecular weight excluding hydrogens is 214 g/mol. The lowest BCUT2D eigenvalue weighted by molar-refractivity contribution is 0.292. The average Bonchev–Trinajstić information content (AvgIpc) is 2.28. The molecule has 1 fully saturated rings. The van der Waals surface area contributed by atoms with Crippen molar-refractivity contribution in [3.8, 4) is 11.5 Å².